The summed E-state index contributed by atoms with van der Waals surface area (Å²) in [6.45, 7) is 8.50. The van der Waals surface area contributed by atoms with E-state index in [0.29, 0.717) is 0 Å². The first kappa shape index (κ1) is 11.5. The van der Waals surface area contributed by atoms with Gasteiger partial charge in [-0.2, -0.15) is 0 Å². The van der Waals surface area contributed by atoms with E-state index in [4.69, 9.17) is 11.2 Å². The molecule has 0 saturated heterocycles. The topological polar surface area (TPSA) is 21.3 Å². The molecule has 12 heavy (non-hydrogen) atoms. The molecule has 2 nitrogen and oxygen atoms in total. The van der Waals surface area contributed by atoms with Crippen LogP contribution in [0.3, 0.4) is 0 Å². The van der Waals surface area contributed by atoms with Gasteiger partial charge in [-0.1, -0.05) is 5.92 Å². The fourth-order valence-corrected chi connectivity index (χ4v) is 0.770. The van der Waals surface area contributed by atoms with Crippen LogP contribution in [0.2, 0.25) is 0 Å². The van der Waals surface area contributed by atoms with Gasteiger partial charge in [-0.25, -0.2) is 0 Å². The van der Waals surface area contributed by atoms with Crippen molar-refractivity contribution >= 4 is 0 Å². The second kappa shape index (κ2) is 6.05. The zero-order valence-corrected chi connectivity index (χ0v) is 8.31. The Morgan fingerprint density at radius 3 is 2.67 bits per heavy atom. The minimum atomic E-state index is -0.188. The normalized spacial score (nSPS) is 11.2. The fourth-order valence-electron chi connectivity index (χ4n) is 0.770. The highest BCUT2D eigenvalue weighted by atomic mass is 16.5. The van der Waals surface area contributed by atoms with Crippen molar-refractivity contribution in [2.75, 3.05) is 19.8 Å². The molecule has 0 aliphatic rings. The van der Waals surface area contributed by atoms with E-state index in [2.05, 4.69) is 11.2 Å². The summed E-state index contributed by atoms with van der Waals surface area (Å²) in [7, 11) is 0. The first-order valence-electron chi connectivity index (χ1n) is 4.43. The van der Waals surface area contributed by atoms with Crippen LogP contribution in [0, 0.1) is 12.3 Å². The van der Waals surface area contributed by atoms with E-state index < -0.39 is 0 Å². The summed E-state index contributed by atoms with van der Waals surface area (Å²) in [4.78, 5) is 0. The van der Waals surface area contributed by atoms with Crippen LogP contribution in [0.5, 0.6) is 0 Å². The van der Waals surface area contributed by atoms with Crippen molar-refractivity contribution in [2.24, 2.45) is 0 Å². The van der Waals surface area contributed by atoms with Gasteiger partial charge >= 0.3 is 0 Å². The molecule has 0 aliphatic carbocycles. The van der Waals surface area contributed by atoms with Crippen LogP contribution < -0.4 is 5.32 Å². The third-order valence-electron chi connectivity index (χ3n) is 1.60. The minimum absolute atomic E-state index is 0.188. The Morgan fingerprint density at radius 2 is 2.17 bits per heavy atom. The quantitative estimate of drug-likeness (QED) is 0.479. The SMILES string of the molecule is C#CC(C)(C)NCCCOCC. The van der Waals surface area contributed by atoms with Crippen molar-refractivity contribution in [2.45, 2.75) is 32.7 Å². The lowest BCUT2D eigenvalue weighted by atomic mass is 10.1. The highest BCUT2D eigenvalue weighted by Crippen LogP contribution is 1.98. The summed E-state index contributed by atoms with van der Waals surface area (Å²) in [6.07, 6.45) is 6.32. The molecule has 0 heterocycles. The molecule has 0 aromatic heterocycles. The predicted octanol–water partition coefficient (Wildman–Crippen LogP) is 1.41. The first-order valence-corrected chi connectivity index (χ1v) is 4.43. The highest BCUT2D eigenvalue weighted by Gasteiger charge is 2.10. The number of hydrogen-bond donors (Lipinski definition) is 1. The molecule has 0 fully saturated rings. The van der Waals surface area contributed by atoms with Crippen LogP contribution in [-0.2, 0) is 4.74 Å². The zero-order chi connectivity index (χ0) is 9.45. The molecule has 0 aliphatic heterocycles. The molecule has 70 valence electrons. The van der Waals surface area contributed by atoms with E-state index in [1.165, 1.54) is 0 Å². The molecule has 0 amide bonds. The molecule has 2 heteroatoms. The molecule has 1 N–H and O–H groups in total. The van der Waals surface area contributed by atoms with Crippen LogP contribution in [0.15, 0.2) is 0 Å². The average Bonchev–Trinajstić information content (AvgIpc) is 2.04. The van der Waals surface area contributed by atoms with Gasteiger partial charge in [0.25, 0.3) is 0 Å². The fraction of sp³-hybridized carbons (Fsp3) is 0.800. The number of hydrogen-bond acceptors (Lipinski definition) is 2. The van der Waals surface area contributed by atoms with Crippen LogP contribution >= 0.6 is 0 Å². The van der Waals surface area contributed by atoms with Crippen LogP contribution in [0.4, 0.5) is 0 Å². The number of terminal acetylenes is 1. The average molecular weight is 169 g/mol. The summed E-state index contributed by atoms with van der Waals surface area (Å²) in [5.74, 6) is 2.68. The third-order valence-corrected chi connectivity index (χ3v) is 1.60. The second-order valence-electron chi connectivity index (χ2n) is 3.25. The minimum Gasteiger partial charge on any atom is -0.382 e. The lowest BCUT2D eigenvalue weighted by Gasteiger charge is -2.19. The second-order valence-corrected chi connectivity index (χ2v) is 3.25. The monoisotopic (exact) mass is 169 g/mol. The molecule has 0 radical (unpaired) electrons. The van der Waals surface area contributed by atoms with E-state index in [-0.39, 0.29) is 5.54 Å². The van der Waals surface area contributed by atoms with E-state index in [0.717, 1.165) is 26.2 Å². The van der Waals surface area contributed by atoms with Gasteiger partial charge in [0, 0.05) is 13.2 Å². The molecular weight excluding hydrogens is 150 g/mol. The molecule has 0 saturated carbocycles. The number of rotatable bonds is 6. The van der Waals surface area contributed by atoms with Crippen molar-refractivity contribution in [1.29, 1.82) is 0 Å². The molecular formula is C10H19NO. The number of ether oxygens (including phenoxy) is 1. The molecule has 0 atom stereocenters. The maximum absolute atomic E-state index is 5.30. The van der Waals surface area contributed by atoms with Crippen molar-refractivity contribution in [3.8, 4) is 12.3 Å². The van der Waals surface area contributed by atoms with E-state index >= 15 is 0 Å². The number of nitrogens with one attached hydrogen (secondary N) is 1. The maximum Gasteiger partial charge on any atom is 0.0741 e. The van der Waals surface area contributed by atoms with Gasteiger partial charge in [-0.15, -0.1) is 6.42 Å². The standard InChI is InChI=1S/C10H19NO/c1-5-10(3,4)11-8-7-9-12-6-2/h1,11H,6-9H2,2-4H3. The maximum atomic E-state index is 5.30. The van der Waals surface area contributed by atoms with Crippen molar-refractivity contribution in [1.82, 2.24) is 5.32 Å². The summed E-state index contributed by atoms with van der Waals surface area (Å²) >= 11 is 0. The van der Waals surface area contributed by atoms with Gasteiger partial charge in [-0.05, 0) is 33.7 Å². The molecule has 0 bridgehead atoms. The molecule has 0 aromatic rings. The lowest BCUT2D eigenvalue weighted by molar-refractivity contribution is 0.143. The smallest absolute Gasteiger partial charge is 0.0741 e. The Hall–Kier alpha value is -0.520. The van der Waals surface area contributed by atoms with Crippen molar-refractivity contribution in [3.63, 3.8) is 0 Å². The molecule has 0 spiro atoms. The summed E-state index contributed by atoms with van der Waals surface area (Å²) in [5.41, 5.74) is -0.188. The predicted molar refractivity (Wildman–Crippen MR) is 52.0 cm³/mol. The summed E-state index contributed by atoms with van der Waals surface area (Å²) < 4.78 is 5.19. The van der Waals surface area contributed by atoms with Crippen LogP contribution in [0.1, 0.15) is 27.2 Å². The Morgan fingerprint density at radius 1 is 1.50 bits per heavy atom. The lowest BCUT2D eigenvalue weighted by Crippen LogP contribution is -2.38. The van der Waals surface area contributed by atoms with Crippen LogP contribution in [0.25, 0.3) is 0 Å². The highest BCUT2D eigenvalue weighted by molar-refractivity contribution is 5.07. The Balaban J connectivity index is 3.27. The molecule has 0 unspecified atom stereocenters. The zero-order valence-electron chi connectivity index (χ0n) is 8.31. The first-order chi connectivity index (χ1) is 5.62. The van der Waals surface area contributed by atoms with Gasteiger partial charge in [-0.3, -0.25) is 0 Å². The van der Waals surface area contributed by atoms with E-state index in [1.807, 2.05) is 20.8 Å². The van der Waals surface area contributed by atoms with Gasteiger partial charge in [0.05, 0.1) is 5.54 Å². The Bertz CT molecular complexity index is 146. The van der Waals surface area contributed by atoms with Crippen LogP contribution in [-0.4, -0.2) is 25.3 Å². The largest absolute Gasteiger partial charge is 0.382 e. The summed E-state index contributed by atoms with van der Waals surface area (Å²) in [5, 5.41) is 3.25. The van der Waals surface area contributed by atoms with Gasteiger partial charge < -0.3 is 10.1 Å². The summed E-state index contributed by atoms with van der Waals surface area (Å²) in [6, 6.07) is 0. The third kappa shape index (κ3) is 6.21. The van der Waals surface area contributed by atoms with Crippen molar-refractivity contribution in [3.05, 3.63) is 0 Å². The Kier molecular flexibility index (Phi) is 5.79. The Labute approximate surface area is 75.7 Å². The van der Waals surface area contributed by atoms with Gasteiger partial charge in [0.1, 0.15) is 0 Å². The van der Waals surface area contributed by atoms with Gasteiger partial charge in [0.2, 0.25) is 0 Å². The van der Waals surface area contributed by atoms with Gasteiger partial charge in [0.15, 0.2) is 0 Å². The van der Waals surface area contributed by atoms with E-state index in [1.54, 1.807) is 0 Å². The van der Waals surface area contributed by atoms with E-state index in [9.17, 15) is 0 Å². The molecule has 0 rings (SSSR count). The van der Waals surface area contributed by atoms with Crippen molar-refractivity contribution < 1.29 is 4.74 Å². The molecule has 0 aromatic carbocycles.